The van der Waals surface area contributed by atoms with Crippen molar-refractivity contribution < 1.29 is 14.7 Å². The summed E-state index contributed by atoms with van der Waals surface area (Å²) >= 11 is 6.12. The maximum absolute atomic E-state index is 13.0. The summed E-state index contributed by atoms with van der Waals surface area (Å²) in [5.41, 5.74) is 1.54. The number of aromatic nitrogens is 2. The van der Waals surface area contributed by atoms with Gasteiger partial charge in [0.2, 0.25) is 0 Å². The molecular formula is C21H24ClN3O3. The number of amides is 1. The Morgan fingerprint density at radius 3 is 2.79 bits per heavy atom. The van der Waals surface area contributed by atoms with Gasteiger partial charge in [0.15, 0.2) is 5.78 Å². The number of Topliss-reactive ketones (excluding diaryl/α,β-unsaturated/α-hetero) is 1. The van der Waals surface area contributed by atoms with Gasteiger partial charge < -0.3 is 10.4 Å². The average molecular weight is 402 g/mol. The minimum absolute atomic E-state index is 0.00593. The Morgan fingerprint density at radius 2 is 2.14 bits per heavy atom. The van der Waals surface area contributed by atoms with E-state index in [4.69, 9.17) is 11.6 Å². The predicted octanol–water partition coefficient (Wildman–Crippen LogP) is 3.24. The van der Waals surface area contributed by atoms with Crippen LogP contribution in [-0.4, -0.2) is 38.7 Å². The number of aliphatic hydroxyl groups excluding tert-OH is 1. The summed E-state index contributed by atoms with van der Waals surface area (Å²) in [5.74, 6) is 0.146. The van der Waals surface area contributed by atoms with Crippen molar-refractivity contribution in [2.45, 2.75) is 51.3 Å². The largest absolute Gasteiger partial charge is 0.393 e. The normalized spacial score (nSPS) is 26.6. The Hall–Kier alpha value is -2.18. The number of nitrogens with one attached hydrogen (secondary N) is 1. The third-order valence-electron chi connectivity index (χ3n) is 6.04. The van der Waals surface area contributed by atoms with E-state index in [9.17, 15) is 14.7 Å². The van der Waals surface area contributed by atoms with Gasteiger partial charge in [-0.2, -0.15) is 5.10 Å². The van der Waals surface area contributed by atoms with Gasteiger partial charge >= 0.3 is 0 Å². The summed E-state index contributed by atoms with van der Waals surface area (Å²) in [4.78, 5) is 25.2. The highest BCUT2D eigenvalue weighted by Crippen LogP contribution is 2.52. The smallest absolute Gasteiger partial charge is 0.269 e. The maximum atomic E-state index is 13.0. The van der Waals surface area contributed by atoms with Crippen LogP contribution in [0.1, 0.15) is 65.7 Å². The maximum Gasteiger partial charge on any atom is 0.269 e. The molecule has 148 valence electrons. The molecule has 1 amide bonds. The number of hydrogen-bond donors (Lipinski definition) is 2. The van der Waals surface area contributed by atoms with Crippen molar-refractivity contribution in [2.75, 3.05) is 0 Å². The highest BCUT2D eigenvalue weighted by atomic mass is 35.5. The molecule has 1 heterocycles. The quantitative estimate of drug-likeness (QED) is 0.728. The van der Waals surface area contributed by atoms with Crippen LogP contribution < -0.4 is 5.32 Å². The van der Waals surface area contributed by atoms with E-state index in [0.29, 0.717) is 23.1 Å². The first kappa shape index (κ1) is 19.2. The van der Waals surface area contributed by atoms with Gasteiger partial charge in [0.1, 0.15) is 11.4 Å². The van der Waals surface area contributed by atoms with Crippen molar-refractivity contribution in [2.24, 2.45) is 11.8 Å². The van der Waals surface area contributed by atoms with Gasteiger partial charge in [0, 0.05) is 29.5 Å². The van der Waals surface area contributed by atoms with Crippen LogP contribution in [0.5, 0.6) is 0 Å². The van der Waals surface area contributed by atoms with Crippen LogP contribution in [0.25, 0.3) is 0 Å². The van der Waals surface area contributed by atoms with Crippen LogP contribution in [0, 0.1) is 11.8 Å². The van der Waals surface area contributed by atoms with Gasteiger partial charge in [-0.25, -0.2) is 0 Å². The lowest BCUT2D eigenvalue weighted by Gasteiger charge is -2.17. The number of fused-ring (bicyclic) bond motifs is 1. The number of aliphatic hydroxyl groups is 1. The lowest BCUT2D eigenvalue weighted by Crippen LogP contribution is -2.32. The molecule has 0 saturated heterocycles. The lowest BCUT2D eigenvalue weighted by molar-refractivity contribution is 0.0921. The molecule has 28 heavy (non-hydrogen) atoms. The minimum atomic E-state index is -0.331. The SMILES string of the molecule is CCC(=O)c1cc(C(=O)N[C@H]2[C@@H]3CC[C@@H](O)[C@@H]32)n([C@@H](C)c2cccc(Cl)c2)n1. The number of halogens is 1. The van der Waals surface area contributed by atoms with Crippen LogP contribution in [0.3, 0.4) is 0 Å². The van der Waals surface area contributed by atoms with Gasteiger partial charge in [-0.05, 0) is 43.4 Å². The summed E-state index contributed by atoms with van der Waals surface area (Å²) in [7, 11) is 0. The summed E-state index contributed by atoms with van der Waals surface area (Å²) in [5, 5.41) is 18.1. The molecule has 2 fully saturated rings. The first-order valence-electron chi connectivity index (χ1n) is 9.77. The molecule has 5 atom stereocenters. The zero-order valence-electron chi connectivity index (χ0n) is 15.9. The standard InChI is InChI=1S/C21H24ClN3O3/c1-3-17(26)15-10-16(21(28)23-20-14-7-8-18(27)19(14)20)25(24-15)11(2)12-5-4-6-13(22)9-12/h4-6,9-11,14,18-20,27H,3,7-8H2,1-2H3,(H,23,28)/t11-,14+,18+,19+,20-/m0/s1. The molecule has 1 aromatic heterocycles. The third-order valence-corrected chi connectivity index (χ3v) is 6.28. The zero-order valence-corrected chi connectivity index (χ0v) is 16.7. The molecule has 6 nitrogen and oxygen atoms in total. The molecule has 1 aromatic carbocycles. The molecular weight excluding hydrogens is 378 g/mol. The topological polar surface area (TPSA) is 84.2 Å². The summed E-state index contributed by atoms with van der Waals surface area (Å²) < 4.78 is 1.60. The van der Waals surface area contributed by atoms with E-state index in [1.165, 1.54) is 0 Å². The fourth-order valence-electron chi connectivity index (χ4n) is 4.37. The second-order valence-electron chi connectivity index (χ2n) is 7.75. The molecule has 2 aliphatic rings. The number of hydrogen-bond acceptors (Lipinski definition) is 4. The van der Waals surface area contributed by atoms with Crippen molar-refractivity contribution >= 4 is 23.3 Å². The number of carbonyl (C=O) groups excluding carboxylic acids is 2. The van der Waals surface area contributed by atoms with Gasteiger partial charge in [0.25, 0.3) is 5.91 Å². The van der Waals surface area contributed by atoms with E-state index >= 15 is 0 Å². The fraction of sp³-hybridized carbons (Fsp3) is 0.476. The lowest BCUT2D eigenvalue weighted by atomic mass is 10.1. The summed E-state index contributed by atoms with van der Waals surface area (Å²) in [6.07, 6.45) is 1.74. The number of rotatable bonds is 6. The molecule has 0 spiro atoms. The molecule has 0 unspecified atom stereocenters. The predicted molar refractivity (Wildman–Crippen MR) is 106 cm³/mol. The molecule has 2 aromatic rings. The van der Waals surface area contributed by atoms with Gasteiger partial charge in [-0.15, -0.1) is 0 Å². The van der Waals surface area contributed by atoms with Crippen molar-refractivity contribution in [3.63, 3.8) is 0 Å². The molecule has 2 aliphatic carbocycles. The number of ketones is 1. The molecule has 4 rings (SSSR count). The Bertz CT molecular complexity index is 925. The van der Waals surface area contributed by atoms with Crippen molar-refractivity contribution in [3.8, 4) is 0 Å². The van der Waals surface area contributed by atoms with E-state index in [2.05, 4.69) is 10.4 Å². The first-order valence-corrected chi connectivity index (χ1v) is 10.2. The van der Waals surface area contributed by atoms with Crippen LogP contribution in [-0.2, 0) is 0 Å². The summed E-state index contributed by atoms with van der Waals surface area (Å²) in [6, 6.07) is 8.70. The van der Waals surface area contributed by atoms with E-state index < -0.39 is 0 Å². The van der Waals surface area contributed by atoms with E-state index in [0.717, 1.165) is 18.4 Å². The Kier molecular flexibility index (Phi) is 5.02. The number of nitrogens with zero attached hydrogens (tertiary/aromatic N) is 2. The molecule has 0 radical (unpaired) electrons. The van der Waals surface area contributed by atoms with Crippen molar-refractivity contribution in [1.82, 2.24) is 15.1 Å². The van der Waals surface area contributed by atoms with Crippen molar-refractivity contribution in [1.29, 1.82) is 0 Å². The highest BCUT2D eigenvalue weighted by molar-refractivity contribution is 6.30. The Labute approximate surface area is 168 Å². The Morgan fingerprint density at radius 1 is 1.36 bits per heavy atom. The minimum Gasteiger partial charge on any atom is -0.393 e. The van der Waals surface area contributed by atoms with E-state index in [-0.39, 0.29) is 41.5 Å². The van der Waals surface area contributed by atoms with Crippen LogP contribution in [0.15, 0.2) is 30.3 Å². The third kappa shape index (κ3) is 3.35. The zero-order chi connectivity index (χ0) is 20.0. The van der Waals surface area contributed by atoms with Crippen LogP contribution in [0.2, 0.25) is 5.02 Å². The van der Waals surface area contributed by atoms with E-state index in [1.807, 2.05) is 25.1 Å². The second kappa shape index (κ2) is 7.33. The first-order chi connectivity index (χ1) is 13.4. The van der Waals surface area contributed by atoms with Crippen LogP contribution in [0.4, 0.5) is 0 Å². The molecule has 7 heteroatoms. The second-order valence-corrected chi connectivity index (χ2v) is 8.19. The van der Waals surface area contributed by atoms with Gasteiger partial charge in [0.05, 0.1) is 12.1 Å². The molecule has 0 bridgehead atoms. The number of carbonyl (C=O) groups is 2. The van der Waals surface area contributed by atoms with E-state index in [1.54, 1.807) is 23.7 Å². The van der Waals surface area contributed by atoms with Crippen LogP contribution >= 0.6 is 11.6 Å². The average Bonchev–Trinajstić information content (AvgIpc) is 3.02. The summed E-state index contributed by atoms with van der Waals surface area (Å²) in [6.45, 7) is 3.69. The Balaban J connectivity index is 1.62. The highest BCUT2D eigenvalue weighted by Gasteiger charge is 2.58. The number of benzene rings is 1. The van der Waals surface area contributed by atoms with Crippen molar-refractivity contribution in [3.05, 3.63) is 52.3 Å². The molecule has 2 N–H and O–H groups in total. The monoisotopic (exact) mass is 401 g/mol. The fourth-order valence-corrected chi connectivity index (χ4v) is 4.56. The molecule has 0 aliphatic heterocycles. The van der Waals surface area contributed by atoms with Gasteiger partial charge in [-0.3, -0.25) is 14.3 Å². The van der Waals surface area contributed by atoms with Gasteiger partial charge in [-0.1, -0.05) is 30.7 Å². The molecule has 2 saturated carbocycles.